The largest absolute Gasteiger partial charge is 0.310 e. The van der Waals surface area contributed by atoms with Crippen LogP contribution >= 0.6 is 0 Å². The van der Waals surface area contributed by atoms with Crippen molar-refractivity contribution in [2.45, 2.75) is 19.8 Å². The third-order valence-electron chi connectivity index (χ3n) is 8.04. The molecule has 2 aromatic heterocycles. The second kappa shape index (κ2) is 8.68. The van der Waals surface area contributed by atoms with Gasteiger partial charge in [-0.15, -0.1) is 0 Å². The normalized spacial score (nSPS) is 12.0. The van der Waals surface area contributed by atoms with Gasteiger partial charge in [0.05, 0.1) is 16.7 Å². The van der Waals surface area contributed by atoms with Crippen molar-refractivity contribution in [2.75, 3.05) is 4.90 Å². The van der Waals surface area contributed by atoms with Gasteiger partial charge >= 0.3 is 0 Å². The van der Waals surface area contributed by atoms with Gasteiger partial charge in [0, 0.05) is 39.9 Å². The van der Waals surface area contributed by atoms with Crippen LogP contribution < -0.4 is 4.90 Å². The van der Waals surface area contributed by atoms with Gasteiger partial charge in [-0.05, 0) is 80.9 Å². The minimum atomic E-state index is 0.444. The van der Waals surface area contributed by atoms with E-state index < -0.39 is 0 Å². The summed E-state index contributed by atoms with van der Waals surface area (Å²) in [5.74, 6) is 0.444. The second-order valence-corrected chi connectivity index (χ2v) is 10.7. The summed E-state index contributed by atoms with van der Waals surface area (Å²) >= 11 is 0. The molecule has 0 fully saturated rings. The highest BCUT2D eigenvalue weighted by Gasteiger charge is 2.20. The molecule has 40 heavy (non-hydrogen) atoms. The van der Waals surface area contributed by atoms with E-state index >= 15 is 0 Å². The van der Waals surface area contributed by atoms with Crippen molar-refractivity contribution in [3.05, 3.63) is 116 Å². The Morgan fingerprint density at radius 1 is 0.550 bits per heavy atom. The van der Waals surface area contributed by atoms with Crippen LogP contribution in [0.1, 0.15) is 25.3 Å². The fourth-order valence-electron chi connectivity index (χ4n) is 6.14. The first-order chi connectivity index (χ1) is 19.7. The predicted molar refractivity (Wildman–Crippen MR) is 165 cm³/mol. The van der Waals surface area contributed by atoms with Crippen molar-refractivity contribution in [2.24, 2.45) is 0 Å². The lowest BCUT2D eigenvalue weighted by Crippen LogP contribution is -2.11. The molecule has 8 rings (SSSR count). The van der Waals surface area contributed by atoms with Crippen molar-refractivity contribution >= 4 is 71.2 Å². The molecule has 0 N–H and O–H groups in total. The van der Waals surface area contributed by atoms with Gasteiger partial charge in [0.15, 0.2) is 0 Å². The van der Waals surface area contributed by atoms with Crippen molar-refractivity contribution in [3.63, 3.8) is 0 Å². The zero-order valence-electron chi connectivity index (χ0n) is 22.2. The summed E-state index contributed by atoms with van der Waals surface area (Å²) in [5, 5.41) is 9.71. The van der Waals surface area contributed by atoms with E-state index in [-0.39, 0.29) is 0 Å². The van der Waals surface area contributed by atoms with Crippen LogP contribution in [0.2, 0.25) is 0 Å². The quantitative estimate of drug-likeness (QED) is 0.219. The molecule has 0 saturated carbocycles. The molecule has 8 aromatic rings. The van der Waals surface area contributed by atoms with Crippen LogP contribution in [0.4, 0.5) is 17.1 Å². The first-order valence-electron chi connectivity index (χ1n) is 13.6. The number of hydrogen-bond donors (Lipinski definition) is 0. The number of benzene rings is 6. The van der Waals surface area contributed by atoms with Crippen LogP contribution in [0.15, 0.2) is 110 Å². The van der Waals surface area contributed by atoms with Crippen molar-refractivity contribution < 1.29 is 0 Å². The topological polar surface area (TPSA) is 54.8 Å². The van der Waals surface area contributed by atoms with Gasteiger partial charge in [-0.2, -0.15) is 0 Å². The molecule has 0 radical (unpaired) electrons. The minimum Gasteiger partial charge on any atom is -0.310 e. The molecular formula is C35H25N5. The number of hydrogen-bond acceptors (Lipinski definition) is 5. The lowest BCUT2D eigenvalue weighted by Gasteiger charge is -2.28. The van der Waals surface area contributed by atoms with Crippen LogP contribution in [0.5, 0.6) is 0 Å². The lowest BCUT2D eigenvalue weighted by molar-refractivity contribution is 0.877. The Hall–Kier alpha value is -5.16. The highest BCUT2D eigenvalue weighted by molar-refractivity contribution is 6.26. The number of anilines is 3. The molecule has 2 heterocycles. The Bertz CT molecular complexity index is 2140. The zero-order chi connectivity index (χ0) is 26.8. The minimum absolute atomic E-state index is 0.444. The van der Waals surface area contributed by atoms with Gasteiger partial charge in [0.1, 0.15) is 12.7 Å². The molecule has 5 nitrogen and oxygen atoms in total. The summed E-state index contributed by atoms with van der Waals surface area (Å²) in [7, 11) is 0. The van der Waals surface area contributed by atoms with Gasteiger partial charge in [0.25, 0.3) is 0 Å². The maximum Gasteiger partial charge on any atom is 0.116 e. The summed E-state index contributed by atoms with van der Waals surface area (Å²) in [4.78, 5) is 19.8. The molecule has 0 aliphatic carbocycles. The van der Waals surface area contributed by atoms with E-state index in [1.54, 1.807) is 12.7 Å². The van der Waals surface area contributed by atoms with Gasteiger partial charge in [-0.3, -0.25) is 0 Å². The van der Waals surface area contributed by atoms with E-state index in [4.69, 9.17) is 0 Å². The summed E-state index contributed by atoms with van der Waals surface area (Å²) in [6.07, 6.45) is 6.91. The van der Waals surface area contributed by atoms with Gasteiger partial charge in [-0.25, -0.2) is 19.9 Å². The Balaban J connectivity index is 1.46. The Kier molecular flexibility index (Phi) is 4.95. The monoisotopic (exact) mass is 515 g/mol. The number of rotatable bonds is 4. The van der Waals surface area contributed by atoms with Crippen molar-refractivity contribution in [1.82, 2.24) is 19.9 Å². The summed E-state index contributed by atoms with van der Waals surface area (Å²) in [6, 6.07) is 30.9. The molecule has 5 heteroatoms. The SMILES string of the molecule is CC(C)c1ccc2ccc3c(N(c4ccc5cncnc5c4)c4ccc5cncnc5c4)ccc4ccc1c2c43. The molecule has 0 atom stereocenters. The van der Waals surface area contributed by atoms with Gasteiger partial charge in [-0.1, -0.05) is 56.3 Å². The molecule has 0 saturated heterocycles. The summed E-state index contributed by atoms with van der Waals surface area (Å²) in [6.45, 7) is 4.54. The average molecular weight is 516 g/mol. The Labute approximate surface area is 231 Å². The highest BCUT2D eigenvalue weighted by atomic mass is 15.1. The fraction of sp³-hybridized carbons (Fsp3) is 0.0857. The summed E-state index contributed by atoms with van der Waals surface area (Å²) < 4.78 is 0. The molecule has 0 bridgehead atoms. The Morgan fingerprint density at radius 2 is 1.07 bits per heavy atom. The number of nitrogens with zero attached hydrogens (tertiary/aromatic N) is 5. The van der Waals surface area contributed by atoms with Crippen LogP contribution in [0.25, 0.3) is 54.1 Å². The smallest absolute Gasteiger partial charge is 0.116 e. The molecule has 190 valence electrons. The maximum absolute atomic E-state index is 4.56. The first-order valence-corrected chi connectivity index (χ1v) is 13.6. The lowest BCUT2D eigenvalue weighted by atomic mass is 9.88. The van der Waals surface area contributed by atoms with Crippen LogP contribution in [-0.2, 0) is 0 Å². The predicted octanol–water partition coefficient (Wildman–Crippen LogP) is 9.06. The average Bonchev–Trinajstić information content (AvgIpc) is 3.00. The standard InChI is InChI=1S/C35H25N5/c1-21(2)28-11-5-22-7-13-30-33(14-8-23-6-12-29(28)34(22)35(23)30)40(26-9-3-24-17-36-19-38-31(24)15-26)27-10-4-25-18-37-20-39-32(25)16-27/h3-21H,1-2H3. The molecule has 0 unspecified atom stereocenters. The van der Waals surface area contributed by atoms with Gasteiger partial charge < -0.3 is 4.90 Å². The highest BCUT2D eigenvalue weighted by Crippen LogP contribution is 2.45. The van der Waals surface area contributed by atoms with Crippen LogP contribution in [-0.4, -0.2) is 19.9 Å². The zero-order valence-corrected chi connectivity index (χ0v) is 22.2. The van der Waals surface area contributed by atoms with E-state index in [0.29, 0.717) is 5.92 Å². The maximum atomic E-state index is 4.56. The molecule has 0 aliphatic heterocycles. The van der Waals surface area contributed by atoms with Gasteiger partial charge in [0.2, 0.25) is 0 Å². The van der Waals surface area contributed by atoms with Crippen molar-refractivity contribution in [1.29, 1.82) is 0 Å². The van der Waals surface area contributed by atoms with Crippen LogP contribution in [0.3, 0.4) is 0 Å². The third-order valence-corrected chi connectivity index (χ3v) is 8.04. The molecular weight excluding hydrogens is 490 g/mol. The van der Waals surface area contributed by atoms with E-state index in [0.717, 1.165) is 38.9 Å². The molecule has 6 aromatic carbocycles. The molecule has 0 spiro atoms. The first kappa shape index (κ1) is 22.8. The van der Waals surface area contributed by atoms with Crippen LogP contribution in [0, 0.1) is 0 Å². The van der Waals surface area contributed by atoms with Crippen molar-refractivity contribution in [3.8, 4) is 0 Å². The molecule has 0 amide bonds. The van der Waals surface area contributed by atoms with E-state index in [9.17, 15) is 0 Å². The number of aromatic nitrogens is 4. The third kappa shape index (κ3) is 3.41. The number of fused-ring (bicyclic) bond motifs is 2. The van der Waals surface area contributed by atoms with E-state index in [2.05, 4.69) is 124 Å². The molecule has 0 aliphatic rings. The van der Waals surface area contributed by atoms with E-state index in [1.165, 1.54) is 37.9 Å². The Morgan fingerprint density at radius 3 is 1.70 bits per heavy atom. The fourth-order valence-corrected chi connectivity index (χ4v) is 6.14. The summed E-state index contributed by atoms with van der Waals surface area (Å²) in [5.41, 5.74) is 6.35. The van der Waals surface area contributed by atoms with E-state index in [1.807, 2.05) is 12.4 Å². The second-order valence-electron chi connectivity index (χ2n) is 10.7.